The molecule has 1 fully saturated rings. The maximum atomic E-state index is 5.72. The Bertz CT molecular complexity index is 148. The summed E-state index contributed by atoms with van der Waals surface area (Å²) >= 11 is 0. The van der Waals surface area contributed by atoms with E-state index in [1.54, 1.807) is 7.11 Å². The maximum absolute atomic E-state index is 5.72. The summed E-state index contributed by atoms with van der Waals surface area (Å²) in [5, 5.41) is 3.52. The van der Waals surface area contributed by atoms with Gasteiger partial charge in [-0.2, -0.15) is 0 Å². The first-order valence-electron chi connectivity index (χ1n) is 5.70. The lowest BCUT2D eigenvalue weighted by Crippen LogP contribution is -2.43. The normalized spacial score (nSPS) is 20.8. The van der Waals surface area contributed by atoms with Crippen LogP contribution < -0.4 is 11.1 Å². The molecular weight excluding hydrogens is 176 g/mol. The van der Waals surface area contributed by atoms with E-state index in [-0.39, 0.29) is 0 Å². The highest BCUT2D eigenvalue weighted by atomic mass is 16.5. The quantitative estimate of drug-likeness (QED) is 0.614. The molecular formula is C11H24N2O. The zero-order valence-corrected chi connectivity index (χ0v) is 9.46. The summed E-state index contributed by atoms with van der Waals surface area (Å²) in [6, 6.07) is 0.411. The summed E-state index contributed by atoms with van der Waals surface area (Å²) in [5.74, 6) is 1.50. The number of methoxy groups -OCH3 is 1. The Morgan fingerprint density at radius 3 is 2.71 bits per heavy atom. The fourth-order valence-electron chi connectivity index (χ4n) is 1.78. The van der Waals surface area contributed by atoms with Crippen molar-refractivity contribution in [2.75, 3.05) is 26.8 Å². The molecule has 3 heteroatoms. The van der Waals surface area contributed by atoms with Crippen LogP contribution in [0.15, 0.2) is 0 Å². The minimum atomic E-state index is 0.411. The highest BCUT2D eigenvalue weighted by Gasteiger charge is 2.21. The summed E-state index contributed by atoms with van der Waals surface area (Å²) < 4.78 is 5.13. The Balaban J connectivity index is 2.08. The summed E-state index contributed by atoms with van der Waals surface area (Å²) in [6.45, 7) is 4.79. The van der Waals surface area contributed by atoms with Crippen LogP contribution in [0.1, 0.15) is 26.2 Å². The smallest absolute Gasteiger partial charge is 0.0503 e. The Morgan fingerprint density at radius 2 is 2.21 bits per heavy atom. The molecule has 84 valence electrons. The van der Waals surface area contributed by atoms with Crippen molar-refractivity contribution < 1.29 is 4.74 Å². The highest BCUT2D eigenvalue weighted by molar-refractivity contribution is 4.78. The van der Waals surface area contributed by atoms with E-state index in [1.807, 2.05) is 0 Å². The number of hydrogen-bond donors (Lipinski definition) is 2. The molecule has 2 atom stereocenters. The first kappa shape index (κ1) is 12.0. The van der Waals surface area contributed by atoms with Crippen LogP contribution in [0.5, 0.6) is 0 Å². The average Bonchev–Trinajstić information content (AvgIpc) is 2.96. The van der Waals surface area contributed by atoms with E-state index in [0.717, 1.165) is 19.1 Å². The molecule has 0 saturated heterocycles. The number of nitrogens with one attached hydrogen (secondary N) is 1. The molecule has 0 aromatic rings. The first-order valence-corrected chi connectivity index (χ1v) is 5.70. The minimum Gasteiger partial charge on any atom is -0.384 e. The van der Waals surface area contributed by atoms with Crippen LogP contribution >= 0.6 is 0 Å². The van der Waals surface area contributed by atoms with E-state index in [0.29, 0.717) is 18.5 Å². The molecule has 1 aliphatic rings. The summed E-state index contributed by atoms with van der Waals surface area (Å²) in [4.78, 5) is 0. The standard InChI is InChI=1S/C11H24N2O/c1-9(8-14-2)11(7-12)13-6-5-10-3-4-10/h9-11,13H,3-8,12H2,1-2H3. The molecule has 1 aliphatic carbocycles. The molecule has 0 aromatic carbocycles. The van der Waals surface area contributed by atoms with Gasteiger partial charge in [0.1, 0.15) is 0 Å². The molecule has 1 saturated carbocycles. The lowest BCUT2D eigenvalue weighted by molar-refractivity contribution is 0.140. The van der Waals surface area contributed by atoms with Crippen molar-refractivity contribution in [1.29, 1.82) is 0 Å². The topological polar surface area (TPSA) is 47.3 Å². The van der Waals surface area contributed by atoms with Crippen molar-refractivity contribution in [3.05, 3.63) is 0 Å². The summed E-state index contributed by atoms with van der Waals surface area (Å²) in [7, 11) is 1.74. The van der Waals surface area contributed by atoms with Gasteiger partial charge in [-0.25, -0.2) is 0 Å². The van der Waals surface area contributed by atoms with Crippen molar-refractivity contribution >= 4 is 0 Å². The van der Waals surface area contributed by atoms with Crippen molar-refractivity contribution in [2.45, 2.75) is 32.2 Å². The van der Waals surface area contributed by atoms with Gasteiger partial charge in [0.2, 0.25) is 0 Å². The lowest BCUT2D eigenvalue weighted by Gasteiger charge is -2.23. The predicted molar refractivity (Wildman–Crippen MR) is 59.2 cm³/mol. The van der Waals surface area contributed by atoms with Gasteiger partial charge in [-0.1, -0.05) is 19.8 Å². The van der Waals surface area contributed by atoms with Crippen molar-refractivity contribution in [2.24, 2.45) is 17.6 Å². The molecule has 3 N–H and O–H groups in total. The lowest BCUT2D eigenvalue weighted by atomic mass is 10.0. The third-order valence-corrected chi connectivity index (χ3v) is 3.03. The predicted octanol–water partition coefficient (Wildman–Crippen LogP) is 0.986. The van der Waals surface area contributed by atoms with E-state index >= 15 is 0 Å². The van der Waals surface area contributed by atoms with Gasteiger partial charge in [-0.05, 0) is 24.8 Å². The van der Waals surface area contributed by atoms with Gasteiger partial charge in [0.25, 0.3) is 0 Å². The minimum absolute atomic E-state index is 0.411. The van der Waals surface area contributed by atoms with Crippen LogP contribution in [-0.2, 0) is 4.74 Å². The third kappa shape index (κ3) is 4.40. The van der Waals surface area contributed by atoms with Crippen molar-refractivity contribution in [3.8, 4) is 0 Å². The molecule has 0 spiro atoms. The fourth-order valence-corrected chi connectivity index (χ4v) is 1.78. The molecule has 0 heterocycles. The molecule has 14 heavy (non-hydrogen) atoms. The van der Waals surface area contributed by atoms with Gasteiger partial charge in [0, 0.05) is 19.7 Å². The van der Waals surface area contributed by atoms with E-state index in [9.17, 15) is 0 Å². The molecule has 0 bridgehead atoms. The summed E-state index contributed by atoms with van der Waals surface area (Å²) in [6.07, 6.45) is 4.18. The third-order valence-electron chi connectivity index (χ3n) is 3.03. The Morgan fingerprint density at radius 1 is 1.50 bits per heavy atom. The van der Waals surface area contributed by atoms with Crippen LogP contribution in [0.3, 0.4) is 0 Å². The van der Waals surface area contributed by atoms with Crippen LogP contribution in [0.2, 0.25) is 0 Å². The van der Waals surface area contributed by atoms with Gasteiger partial charge in [-0.15, -0.1) is 0 Å². The fraction of sp³-hybridized carbons (Fsp3) is 1.00. The second-order valence-corrected chi connectivity index (χ2v) is 4.46. The van der Waals surface area contributed by atoms with E-state index in [1.165, 1.54) is 19.3 Å². The van der Waals surface area contributed by atoms with E-state index < -0.39 is 0 Å². The van der Waals surface area contributed by atoms with Gasteiger partial charge < -0.3 is 15.8 Å². The molecule has 0 amide bonds. The van der Waals surface area contributed by atoms with Gasteiger partial charge in [0.15, 0.2) is 0 Å². The van der Waals surface area contributed by atoms with Crippen LogP contribution in [0, 0.1) is 11.8 Å². The molecule has 3 nitrogen and oxygen atoms in total. The zero-order chi connectivity index (χ0) is 10.4. The Kier molecular flexibility index (Phi) is 5.45. The number of hydrogen-bond acceptors (Lipinski definition) is 3. The van der Waals surface area contributed by atoms with Gasteiger partial charge in [0.05, 0.1) is 6.61 Å². The van der Waals surface area contributed by atoms with Gasteiger partial charge >= 0.3 is 0 Å². The maximum Gasteiger partial charge on any atom is 0.0503 e. The average molecular weight is 200 g/mol. The van der Waals surface area contributed by atoms with Crippen LogP contribution in [0.4, 0.5) is 0 Å². The van der Waals surface area contributed by atoms with Crippen LogP contribution in [-0.4, -0.2) is 32.8 Å². The van der Waals surface area contributed by atoms with Gasteiger partial charge in [-0.3, -0.25) is 0 Å². The molecule has 0 radical (unpaired) electrons. The molecule has 0 aliphatic heterocycles. The van der Waals surface area contributed by atoms with Crippen molar-refractivity contribution in [1.82, 2.24) is 5.32 Å². The summed E-state index contributed by atoms with van der Waals surface area (Å²) in [5.41, 5.74) is 5.72. The molecule has 2 unspecified atom stereocenters. The highest BCUT2D eigenvalue weighted by Crippen LogP contribution is 2.31. The molecule has 1 rings (SSSR count). The van der Waals surface area contributed by atoms with E-state index in [2.05, 4.69) is 12.2 Å². The number of rotatable bonds is 8. The largest absolute Gasteiger partial charge is 0.384 e. The van der Waals surface area contributed by atoms with Crippen LogP contribution in [0.25, 0.3) is 0 Å². The first-order chi connectivity index (χ1) is 6.77. The Labute approximate surface area is 87.4 Å². The Hall–Kier alpha value is -0.120. The number of nitrogens with two attached hydrogens (primary N) is 1. The molecule has 0 aromatic heterocycles. The number of ether oxygens (including phenoxy) is 1. The van der Waals surface area contributed by atoms with E-state index in [4.69, 9.17) is 10.5 Å². The SMILES string of the molecule is COCC(C)C(CN)NCCC1CC1. The second kappa shape index (κ2) is 6.38. The monoisotopic (exact) mass is 200 g/mol. The second-order valence-electron chi connectivity index (χ2n) is 4.46. The van der Waals surface area contributed by atoms with Crippen molar-refractivity contribution in [3.63, 3.8) is 0 Å². The zero-order valence-electron chi connectivity index (χ0n) is 9.46.